The van der Waals surface area contributed by atoms with E-state index in [1.54, 1.807) is 7.05 Å². The van der Waals surface area contributed by atoms with Crippen LogP contribution in [0.1, 0.15) is 48.1 Å². The Morgan fingerprint density at radius 2 is 1.75 bits per heavy atom. The van der Waals surface area contributed by atoms with Crippen molar-refractivity contribution in [2.24, 2.45) is 0 Å². The van der Waals surface area contributed by atoms with Crippen molar-refractivity contribution in [2.45, 2.75) is 43.1 Å². The number of aliphatic hydroxyl groups is 1. The minimum Gasteiger partial charge on any atom is -0.386 e. The highest BCUT2D eigenvalue weighted by molar-refractivity contribution is 6.09. The summed E-state index contributed by atoms with van der Waals surface area (Å²) in [7, 11) is 3.07. The summed E-state index contributed by atoms with van der Waals surface area (Å²) in [6, 6.07) is 20.0. The zero-order chi connectivity index (χ0) is 25.0. The molecule has 3 aromatic carbocycles. The largest absolute Gasteiger partial charge is 0.386 e. The van der Waals surface area contributed by atoms with E-state index in [1.807, 2.05) is 41.3 Å². The summed E-state index contributed by atoms with van der Waals surface area (Å²) in [5, 5.41) is 16.2. The number of nitrogens with one attached hydrogen (secondary N) is 1. The minimum atomic E-state index is -1.31. The van der Waals surface area contributed by atoms with Crippen LogP contribution in [0.15, 0.2) is 60.7 Å². The molecule has 6 rings (SSSR count). The number of carbonyl (C=O) groups is 2. The Labute approximate surface area is 210 Å². The lowest BCUT2D eigenvalue weighted by molar-refractivity contribution is -0.146. The molecule has 0 radical (unpaired) electrons. The maximum atomic E-state index is 13.9. The smallest absolute Gasteiger partial charge is 0.264 e. The molecule has 3 atom stereocenters. The van der Waals surface area contributed by atoms with E-state index in [1.165, 1.54) is 18.1 Å². The predicted molar refractivity (Wildman–Crippen MR) is 138 cm³/mol. The third-order valence-corrected chi connectivity index (χ3v) is 8.36. The molecular formula is C29H31N3O4. The molecule has 1 saturated heterocycles. The first-order valence-electron chi connectivity index (χ1n) is 12.6. The van der Waals surface area contributed by atoms with E-state index in [4.69, 9.17) is 4.74 Å². The van der Waals surface area contributed by atoms with Crippen molar-refractivity contribution in [1.29, 1.82) is 0 Å². The fraction of sp³-hybridized carbons (Fsp3) is 0.379. The van der Waals surface area contributed by atoms with Crippen LogP contribution in [0, 0.1) is 0 Å². The van der Waals surface area contributed by atoms with Gasteiger partial charge in [0.15, 0.2) is 5.60 Å². The fourth-order valence-electron chi connectivity index (χ4n) is 6.61. The van der Waals surface area contributed by atoms with Crippen molar-refractivity contribution < 1.29 is 19.4 Å². The Balaban J connectivity index is 1.26. The number of anilines is 1. The maximum Gasteiger partial charge on any atom is 0.264 e. The predicted octanol–water partition coefficient (Wildman–Crippen LogP) is 3.42. The topological polar surface area (TPSA) is 82.1 Å². The average molecular weight is 486 g/mol. The van der Waals surface area contributed by atoms with Crippen LogP contribution in [-0.4, -0.2) is 55.1 Å². The van der Waals surface area contributed by atoms with Crippen LogP contribution in [0.4, 0.5) is 5.69 Å². The van der Waals surface area contributed by atoms with Crippen molar-refractivity contribution in [3.8, 4) is 0 Å². The fourth-order valence-corrected chi connectivity index (χ4v) is 6.61. The van der Waals surface area contributed by atoms with Crippen LogP contribution in [0.25, 0.3) is 10.8 Å². The van der Waals surface area contributed by atoms with Crippen molar-refractivity contribution >= 4 is 28.3 Å². The number of rotatable bonds is 5. The number of benzene rings is 3. The van der Waals surface area contributed by atoms with Gasteiger partial charge in [0.25, 0.3) is 5.91 Å². The van der Waals surface area contributed by atoms with E-state index >= 15 is 0 Å². The van der Waals surface area contributed by atoms with Gasteiger partial charge in [-0.2, -0.15) is 0 Å². The van der Waals surface area contributed by atoms with Gasteiger partial charge >= 0.3 is 0 Å². The standard InChI is InChI=1S/C29H31N3O4/c1-30-24(33)17-29(36-2)22-11-3-4-12-23(22)32(28(29)35)19-13-15-31(16-14-19)26-20-9-5-7-18-8-6-10-21(25(18)20)27(26)34/h3-12,19,26-27,34H,13-17H2,1-2H3,(H,30,33). The van der Waals surface area contributed by atoms with Crippen molar-refractivity contribution in [3.05, 3.63) is 77.4 Å². The number of methoxy groups -OCH3 is 1. The summed E-state index contributed by atoms with van der Waals surface area (Å²) in [5.41, 5.74) is 2.44. The first-order valence-corrected chi connectivity index (χ1v) is 12.6. The lowest BCUT2D eigenvalue weighted by Crippen LogP contribution is -2.51. The molecule has 7 nitrogen and oxygen atoms in total. The third-order valence-electron chi connectivity index (χ3n) is 8.36. The minimum absolute atomic E-state index is 0.00618. The normalized spacial score (nSPS) is 26.0. The number of aliphatic hydroxyl groups excluding tert-OH is 1. The number of likely N-dealkylation sites (tertiary alicyclic amines) is 1. The summed E-state index contributed by atoms with van der Waals surface area (Å²) < 4.78 is 5.82. The number of carbonyl (C=O) groups excluding carboxylic acids is 2. The second kappa shape index (κ2) is 8.69. The van der Waals surface area contributed by atoms with Crippen molar-refractivity contribution in [1.82, 2.24) is 10.2 Å². The van der Waals surface area contributed by atoms with E-state index < -0.39 is 11.7 Å². The molecule has 1 aliphatic carbocycles. The SMILES string of the molecule is CNC(=O)CC1(OC)C(=O)N(C2CCN(C3c4cccc5cccc(c45)C3O)CC2)c2ccccc21. The number of para-hydroxylation sites is 1. The molecule has 2 heterocycles. The van der Waals surface area contributed by atoms with Crippen LogP contribution in [-0.2, 0) is 19.9 Å². The van der Waals surface area contributed by atoms with Gasteiger partial charge in [-0.1, -0.05) is 54.6 Å². The molecule has 2 aliphatic heterocycles. The second-order valence-electron chi connectivity index (χ2n) is 10.0. The molecule has 3 aromatic rings. The zero-order valence-corrected chi connectivity index (χ0v) is 20.6. The van der Waals surface area contributed by atoms with Crippen molar-refractivity contribution in [3.63, 3.8) is 0 Å². The Morgan fingerprint density at radius 3 is 2.44 bits per heavy atom. The summed E-state index contributed by atoms with van der Waals surface area (Å²) >= 11 is 0. The van der Waals surface area contributed by atoms with Crippen LogP contribution in [0.3, 0.4) is 0 Å². The molecule has 2 amide bonds. The van der Waals surface area contributed by atoms with E-state index in [0.29, 0.717) is 0 Å². The zero-order valence-electron chi connectivity index (χ0n) is 20.6. The summed E-state index contributed by atoms with van der Waals surface area (Å²) in [6.07, 6.45) is 0.928. The molecule has 0 aromatic heterocycles. The van der Waals surface area contributed by atoms with Gasteiger partial charge in [-0.05, 0) is 40.8 Å². The average Bonchev–Trinajstić information content (AvgIpc) is 3.34. The van der Waals surface area contributed by atoms with Crippen LogP contribution >= 0.6 is 0 Å². The summed E-state index contributed by atoms with van der Waals surface area (Å²) in [4.78, 5) is 30.5. The van der Waals surface area contributed by atoms with Gasteiger partial charge in [0.2, 0.25) is 5.91 Å². The number of hydrogen-bond donors (Lipinski definition) is 2. The monoisotopic (exact) mass is 485 g/mol. The molecule has 0 saturated carbocycles. The number of piperidine rings is 1. The number of fused-ring (bicyclic) bond motifs is 1. The molecule has 186 valence electrons. The maximum absolute atomic E-state index is 13.9. The molecule has 3 unspecified atom stereocenters. The number of ether oxygens (including phenoxy) is 1. The quantitative estimate of drug-likeness (QED) is 0.579. The highest BCUT2D eigenvalue weighted by Gasteiger charge is 2.54. The third kappa shape index (κ3) is 3.23. The van der Waals surface area contributed by atoms with E-state index in [-0.39, 0.29) is 30.3 Å². The number of nitrogens with zero attached hydrogens (tertiary/aromatic N) is 2. The van der Waals surface area contributed by atoms with Crippen LogP contribution in [0.2, 0.25) is 0 Å². The van der Waals surface area contributed by atoms with Gasteiger partial charge in [-0.25, -0.2) is 0 Å². The Bertz CT molecular complexity index is 1340. The van der Waals surface area contributed by atoms with E-state index in [0.717, 1.165) is 48.1 Å². The molecule has 0 bridgehead atoms. The first-order chi connectivity index (χ1) is 17.5. The van der Waals surface area contributed by atoms with E-state index in [2.05, 4.69) is 34.5 Å². The lowest BCUT2D eigenvalue weighted by Gasteiger charge is -2.41. The molecule has 7 heteroatoms. The van der Waals surface area contributed by atoms with Gasteiger partial charge in [0, 0.05) is 38.9 Å². The Morgan fingerprint density at radius 1 is 1.06 bits per heavy atom. The summed E-state index contributed by atoms with van der Waals surface area (Å²) in [5.74, 6) is -0.410. The van der Waals surface area contributed by atoms with Gasteiger partial charge in [0.05, 0.1) is 24.3 Å². The van der Waals surface area contributed by atoms with Gasteiger partial charge in [-0.3, -0.25) is 14.5 Å². The summed E-state index contributed by atoms with van der Waals surface area (Å²) in [6.45, 7) is 1.52. The molecule has 0 spiro atoms. The number of amides is 2. The Kier molecular flexibility index (Phi) is 5.59. The molecule has 36 heavy (non-hydrogen) atoms. The highest BCUT2D eigenvalue weighted by atomic mass is 16.5. The van der Waals surface area contributed by atoms with Gasteiger partial charge < -0.3 is 20.1 Å². The molecule has 2 N–H and O–H groups in total. The molecule has 1 fully saturated rings. The molecular weight excluding hydrogens is 454 g/mol. The van der Waals surface area contributed by atoms with E-state index in [9.17, 15) is 14.7 Å². The van der Waals surface area contributed by atoms with Gasteiger partial charge in [-0.15, -0.1) is 0 Å². The highest BCUT2D eigenvalue weighted by Crippen LogP contribution is 2.49. The second-order valence-corrected chi connectivity index (χ2v) is 10.0. The van der Waals surface area contributed by atoms with Gasteiger partial charge in [0.1, 0.15) is 0 Å². The number of hydrogen-bond acceptors (Lipinski definition) is 5. The molecule has 3 aliphatic rings. The van der Waals surface area contributed by atoms with Crippen LogP contribution < -0.4 is 10.2 Å². The Hall–Kier alpha value is -3.26. The first kappa shape index (κ1) is 23.2. The van der Waals surface area contributed by atoms with Crippen molar-refractivity contribution in [2.75, 3.05) is 32.1 Å². The lowest BCUT2D eigenvalue weighted by atomic mass is 9.91. The van der Waals surface area contributed by atoms with Crippen LogP contribution in [0.5, 0.6) is 0 Å².